The molecule has 1 saturated heterocycles. The Kier molecular flexibility index (Phi) is 2.91. The highest BCUT2D eigenvalue weighted by Crippen LogP contribution is 2.38. The first-order valence-corrected chi connectivity index (χ1v) is 6.05. The molecule has 1 heterocycles. The lowest BCUT2D eigenvalue weighted by Crippen LogP contribution is -2.40. The van der Waals surface area contributed by atoms with Crippen LogP contribution in [-0.4, -0.2) is 34.5 Å². The van der Waals surface area contributed by atoms with Gasteiger partial charge in [0.05, 0.1) is 5.92 Å². The number of carboxylic acids is 1. The van der Waals surface area contributed by atoms with Gasteiger partial charge in [-0.15, -0.1) is 0 Å². The van der Waals surface area contributed by atoms with Gasteiger partial charge in [-0.25, -0.2) is 0 Å². The highest BCUT2D eigenvalue weighted by molar-refractivity contribution is 5.81. The van der Waals surface area contributed by atoms with Crippen molar-refractivity contribution in [1.29, 1.82) is 0 Å². The van der Waals surface area contributed by atoms with Crippen LogP contribution in [0.1, 0.15) is 33.1 Å². The number of amides is 1. The van der Waals surface area contributed by atoms with Gasteiger partial charge in [0.15, 0.2) is 0 Å². The molecule has 3 unspecified atom stereocenters. The predicted octanol–water partition coefficient (Wildman–Crippen LogP) is 1.35. The van der Waals surface area contributed by atoms with Crippen molar-refractivity contribution in [2.45, 2.75) is 39.2 Å². The van der Waals surface area contributed by atoms with E-state index in [0.717, 1.165) is 12.8 Å². The summed E-state index contributed by atoms with van der Waals surface area (Å²) in [6, 6.07) is -0.147. The molecule has 1 N–H and O–H groups in total. The van der Waals surface area contributed by atoms with E-state index < -0.39 is 5.97 Å². The Labute approximate surface area is 95.6 Å². The summed E-state index contributed by atoms with van der Waals surface area (Å²) in [4.78, 5) is 24.9. The molecule has 0 bridgehead atoms. The van der Waals surface area contributed by atoms with E-state index in [1.807, 2.05) is 13.8 Å². The summed E-state index contributed by atoms with van der Waals surface area (Å²) in [5.74, 6) is -0.380. The summed E-state index contributed by atoms with van der Waals surface area (Å²) >= 11 is 0. The molecule has 90 valence electrons. The van der Waals surface area contributed by atoms with Gasteiger partial charge in [0.2, 0.25) is 5.91 Å². The highest BCUT2D eigenvalue weighted by atomic mass is 16.4. The van der Waals surface area contributed by atoms with Gasteiger partial charge in [-0.1, -0.05) is 6.92 Å². The van der Waals surface area contributed by atoms with Gasteiger partial charge in [0.1, 0.15) is 0 Å². The van der Waals surface area contributed by atoms with E-state index in [9.17, 15) is 9.59 Å². The fourth-order valence-electron chi connectivity index (χ4n) is 2.64. The number of likely N-dealkylation sites (tertiary alicyclic amines) is 1. The van der Waals surface area contributed by atoms with E-state index in [4.69, 9.17) is 5.11 Å². The summed E-state index contributed by atoms with van der Waals surface area (Å²) < 4.78 is 0. The maximum absolute atomic E-state index is 12.1. The molecular formula is C12H19NO3. The van der Waals surface area contributed by atoms with E-state index in [-0.39, 0.29) is 23.8 Å². The van der Waals surface area contributed by atoms with Crippen LogP contribution in [0.25, 0.3) is 0 Å². The fraction of sp³-hybridized carbons (Fsp3) is 0.833. The first-order chi connectivity index (χ1) is 7.52. The minimum absolute atomic E-state index is 0.0787. The van der Waals surface area contributed by atoms with Crippen LogP contribution in [0.15, 0.2) is 0 Å². The molecule has 2 aliphatic rings. The summed E-state index contributed by atoms with van der Waals surface area (Å²) in [5, 5.41) is 9.01. The Morgan fingerprint density at radius 2 is 1.94 bits per heavy atom. The number of hydrogen-bond acceptors (Lipinski definition) is 2. The van der Waals surface area contributed by atoms with E-state index in [2.05, 4.69) is 0 Å². The maximum atomic E-state index is 12.1. The van der Waals surface area contributed by atoms with Crippen LogP contribution in [0.2, 0.25) is 0 Å². The first kappa shape index (κ1) is 11.4. The predicted molar refractivity (Wildman–Crippen MR) is 58.8 cm³/mol. The zero-order valence-corrected chi connectivity index (χ0v) is 9.85. The fourth-order valence-corrected chi connectivity index (χ4v) is 2.64. The molecule has 2 fully saturated rings. The van der Waals surface area contributed by atoms with Gasteiger partial charge in [0.25, 0.3) is 0 Å². The highest BCUT2D eigenvalue weighted by Gasteiger charge is 2.42. The van der Waals surface area contributed by atoms with Crippen molar-refractivity contribution < 1.29 is 14.7 Å². The van der Waals surface area contributed by atoms with Crippen molar-refractivity contribution in [2.24, 2.45) is 17.8 Å². The smallest absolute Gasteiger partial charge is 0.308 e. The second-order valence-corrected chi connectivity index (χ2v) is 5.13. The van der Waals surface area contributed by atoms with Crippen molar-refractivity contribution in [3.05, 3.63) is 0 Å². The van der Waals surface area contributed by atoms with Gasteiger partial charge in [-0.3, -0.25) is 9.59 Å². The van der Waals surface area contributed by atoms with Gasteiger partial charge < -0.3 is 10.0 Å². The summed E-state index contributed by atoms with van der Waals surface area (Å²) in [6.07, 6.45) is 2.90. The minimum Gasteiger partial charge on any atom is -0.481 e. The number of aliphatic carboxylic acids is 1. The number of nitrogens with zero attached hydrogens (tertiary/aromatic N) is 1. The largest absolute Gasteiger partial charge is 0.481 e. The van der Waals surface area contributed by atoms with E-state index in [1.54, 1.807) is 4.90 Å². The van der Waals surface area contributed by atoms with Crippen LogP contribution in [0.5, 0.6) is 0 Å². The van der Waals surface area contributed by atoms with Crippen molar-refractivity contribution >= 4 is 11.9 Å². The molecule has 0 spiro atoms. The Morgan fingerprint density at radius 1 is 1.31 bits per heavy atom. The summed E-state index contributed by atoms with van der Waals surface area (Å²) in [7, 11) is 0. The second kappa shape index (κ2) is 4.07. The first-order valence-electron chi connectivity index (χ1n) is 6.05. The zero-order valence-electron chi connectivity index (χ0n) is 9.85. The van der Waals surface area contributed by atoms with E-state index in [1.165, 1.54) is 0 Å². The monoisotopic (exact) mass is 225 g/mol. The topological polar surface area (TPSA) is 57.6 Å². The van der Waals surface area contributed by atoms with Crippen LogP contribution in [0.3, 0.4) is 0 Å². The quantitative estimate of drug-likeness (QED) is 0.788. The molecule has 1 saturated carbocycles. The lowest BCUT2D eigenvalue weighted by molar-refractivity contribution is -0.143. The van der Waals surface area contributed by atoms with Gasteiger partial charge in [-0.05, 0) is 32.1 Å². The number of carbonyl (C=O) groups is 2. The van der Waals surface area contributed by atoms with Crippen LogP contribution in [0, 0.1) is 17.8 Å². The molecule has 3 atom stereocenters. The molecule has 0 radical (unpaired) electrons. The normalized spacial score (nSPS) is 31.5. The SMILES string of the molecule is CC(C(=O)N1CCC(C(=O)O)C1C)C1CC1. The molecule has 4 heteroatoms. The van der Waals surface area contributed by atoms with Crippen LogP contribution < -0.4 is 0 Å². The molecule has 0 aromatic rings. The Balaban J connectivity index is 2.00. The summed E-state index contributed by atoms with van der Waals surface area (Å²) in [6.45, 7) is 4.43. The third-order valence-electron chi connectivity index (χ3n) is 4.07. The standard InChI is InChI=1S/C12H19NO3/c1-7(9-3-4-9)11(14)13-6-5-10(8(13)2)12(15)16/h7-10H,3-6H2,1-2H3,(H,15,16). The molecule has 2 rings (SSSR count). The van der Waals surface area contributed by atoms with E-state index in [0.29, 0.717) is 18.9 Å². The number of carbonyl (C=O) groups excluding carboxylic acids is 1. The number of hydrogen-bond donors (Lipinski definition) is 1. The van der Waals surface area contributed by atoms with Crippen molar-refractivity contribution in [3.63, 3.8) is 0 Å². The molecule has 1 aliphatic heterocycles. The lowest BCUT2D eigenvalue weighted by Gasteiger charge is -2.26. The zero-order chi connectivity index (χ0) is 11.9. The third-order valence-corrected chi connectivity index (χ3v) is 4.07. The van der Waals surface area contributed by atoms with E-state index >= 15 is 0 Å². The van der Waals surface area contributed by atoms with Crippen molar-refractivity contribution in [2.75, 3.05) is 6.54 Å². The van der Waals surface area contributed by atoms with Gasteiger partial charge in [0, 0.05) is 18.5 Å². The Bertz CT molecular complexity index is 311. The van der Waals surface area contributed by atoms with Gasteiger partial charge in [-0.2, -0.15) is 0 Å². The minimum atomic E-state index is -0.776. The lowest BCUT2D eigenvalue weighted by atomic mass is 10.0. The van der Waals surface area contributed by atoms with Crippen molar-refractivity contribution in [3.8, 4) is 0 Å². The molecule has 1 aliphatic carbocycles. The molecule has 1 amide bonds. The maximum Gasteiger partial charge on any atom is 0.308 e. The number of carboxylic acid groups (broad SMARTS) is 1. The average molecular weight is 225 g/mol. The molecule has 4 nitrogen and oxygen atoms in total. The third kappa shape index (κ3) is 1.93. The molecular weight excluding hydrogens is 206 g/mol. The number of rotatable bonds is 3. The van der Waals surface area contributed by atoms with Crippen molar-refractivity contribution in [1.82, 2.24) is 4.90 Å². The molecule has 0 aromatic carbocycles. The second-order valence-electron chi connectivity index (χ2n) is 5.13. The van der Waals surface area contributed by atoms with Gasteiger partial charge >= 0.3 is 5.97 Å². The van der Waals surface area contributed by atoms with Crippen LogP contribution in [-0.2, 0) is 9.59 Å². The molecule has 0 aromatic heterocycles. The molecule has 16 heavy (non-hydrogen) atoms. The van der Waals surface area contributed by atoms with Crippen LogP contribution >= 0.6 is 0 Å². The Hall–Kier alpha value is -1.06. The van der Waals surface area contributed by atoms with Crippen LogP contribution in [0.4, 0.5) is 0 Å². The average Bonchev–Trinajstić information content (AvgIpc) is 3.00. The Morgan fingerprint density at radius 3 is 2.38 bits per heavy atom. The summed E-state index contributed by atoms with van der Waals surface area (Å²) in [5.41, 5.74) is 0.